The third kappa shape index (κ3) is 3.52. The fourth-order valence-electron chi connectivity index (χ4n) is 1.93. The maximum Gasteiger partial charge on any atom is 0.251 e. The number of carbonyl (C=O) groups is 1. The highest BCUT2D eigenvalue weighted by atomic mass is 32.2. The van der Waals surface area contributed by atoms with E-state index in [1.54, 1.807) is 24.8 Å². The van der Waals surface area contributed by atoms with Crippen molar-refractivity contribution in [3.63, 3.8) is 0 Å². The fraction of sp³-hybridized carbons (Fsp3) is 0.357. The predicted octanol–water partition coefficient (Wildman–Crippen LogP) is 2.01. The van der Waals surface area contributed by atoms with Crippen molar-refractivity contribution in [3.8, 4) is 0 Å². The Bertz CT molecular complexity index is 578. The highest BCUT2D eigenvalue weighted by molar-refractivity contribution is 7.98. The van der Waals surface area contributed by atoms with Crippen LogP contribution in [0.2, 0.25) is 0 Å². The van der Waals surface area contributed by atoms with Crippen LogP contribution >= 0.6 is 11.8 Å². The zero-order valence-corrected chi connectivity index (χ0v) is 11.9. The molecule has 1 unspecified atom stereocenters. The lowest BCUT2D eigenvalue weighted by molar-refractivity contribution is 0.0725. The van der Waals surface area contributed by atoms with Crippen LogP contribution in [0.15, 0.2) is 30.5 Å². The van der Waals surface area contributed by atoms with Crippen molar-refractivity contribution in [3.05, 3.63) is 36.0 Å². The lowest BCUT2D eigenvalue weighted by Gasteiger charge is -2.22. The number of H-pyrrole nitrogens is 1. The Balaban J connectivity index is 2.03. The molecule has 1 heterocycles. The normalized spacial score (nSPS) is 14.3. The molecule has 0 aliphatic rings. The third-order valence-electron chi connectivity index (χ3n) is 2.90. The number of carbonyl (C=O) groups excluding carboxylic acids is 1. The number of hydrogen-bond donors (Lipinski definition) is 3. The number of rotatable bonds is 5. The molecule has 4 nitrogen and oxygen atoms in total. The van der Waals surface area contributed by atoms with Crippen molar-refractivity contribution < 1.29 is 9.90 Å². The van der Waals surface area contributed by atoms with E-state index < -0.39 is 5.60 Å². The molecule has 1 aromatic carbocycles. The molecule has 1 aromatic heterocycles. The molecule has 0 aliphatic heterocycles. The molecule has 1 atom stereocenters. The number of nitrogens with one attached hydrogen (secondary N) is 2. The average molecular weight is 278 g/mol. The van der Waals surface area contributed by atoms with Gasteiger partial charge in [0.25, 0.3) is 5.91 Å². The van der Waals surface area contributed by atoms with Crippen LogP contribution in [0.5, 0.6) is 0 Å². The van der Waals surface area contributed by atoms with E-state index in [-0.39, 0.29) is 12.5 Å². The number of hydrogen-bond acceptors (Lipinski definition) is 3. The fourth-order valence-corrected chi connectivity index (χ4v) is 2.65. The second kappa shape index (κ2) is 5.67. The topological polar surface area (TPSA) is 65.1 Å². The lowest BCUT2D eigenvalue weighted by atomic mass is 10.1. The van der Waals surface area contributed by atoms with Crippen LogP contribution in [0, 0.1) is 0 Å². The molecule has 0 saturated carbocycles. The molecule has 5 heteroatoms. The monoisotopic (exact) mass is 278 g/mol. The molecule has 0 aliphatic carbocycles. The van der Waals surface area contributed by atoms with Crippen LogP contribution in [0.4, 0.5) is 0 Å². The predicted molar refractivity (Wildman–Crippen MR) is 79.6 cm³/mol. The van der Waals surface area contributed by atoms with Crippen LogP contribution in [0.25, 0.3) is 10.9 Å². The van der Waals surface area contributed by atoms with Crippen LogP contribution < -0.4 is 5.32 Å². The largest absolute Gasteiger partial charge is 0.387 e. The van der Waals surface area contributed by atoms with Gasteiger partial charge in [0.1, 0.15) is 0 Å². The Labute approximate surface area is 116 Å². The average Bonchev–Trinajstić information content (AvgIpc) is 2.83. The van der Waals surface area contributed by atoms with Gasteiger partial charge in [-0.2, -0.15) is 11.8 Å². The molecule has 0 fully saturated rings. The molecule has 102 valence electrons. The Hall–Kier alpha value is -1.46. The number of aromatic amines is 1. The van der Waals surface area contributed by atoms with E-state index in [0.717, 1.165) is 10.9 Å². The van der Waals surface area contributed by atoms with Gasteiger partial charge >= 0.3 is 0 Å². The quantitative estimate of drug-likeness (QED) is 0.784. The van der Waals surface area contributed by atoms with Crippen molar-refractivity contribution in [2.24, 2.45) is 0 Å². The van der Waals surface area contributed by atoms with E-state index in [0.29, 0.717) is 11.3 Å². The van der Waals surface area contributed by atoms with E-state index in [2.05, 4.69) is 10.3 Å². The van der Waals surface area contributed by atoms with Crippen LogP contribution in [0.1, 0.15) is 17.3 Å². The molecule has 0 spiro atoms. The molecular formula is C14H18N2O2S. The minimum Gasteiger partial charge on any atom is -0.387 e. The number of aliphatic hydroxyl groups is 1. The smallest absolute Gasteiger partial charge is 0.251 e. The first-order valence-corrected chi connectivity index (χ1v) is 7.48. The van der Waals surface area contributed by atoms with Crippen molar-refractivity contribution in [1.29, 1.82) is 0 Å². The Morgan fingerprint density at radius 3 is 3.00 bits per heavy atom. The summed E-state index contributed by atoms with van der Waals surface area (Å²) >= 11 is 1.55. The van der Waals surface area contributed by atoms with E-state index in [1.165, 1.54) is 0 Å². The Morgan fingerprint density at radius 2 is 2.26 bits per heavy atom. The van der Waals surface area contributed by atoms with Gasteiger partial charge in [-0.3, -0.25) is 4.79 Å². The van der Waals surface area contributed by atoms with E-state index in [9.17, 15) is 9.90 Å². The molecule has 0 bridgehead atoms. The third-order valence-corrected chi connectivity index (χ3v) is 3.81. The molecule has 0 saturated heterocycles. The van der Waals surface area contributed by atoms with Crippen molar-refractivity contribution in [2.45, 2.75) is 12.5 Å². The second-order valence-corrected chi connectivity index (χ2v) is 5.76. The maximum absolute atomic E-state index is 12.0. The first-order valence-electron chi connectivity index (χ1n) is 6.08. The molecule has 2 aromatic rings. The van der Waals surface area contributed by atoms with Gasteiger partial charge in [-0.15, -0.1) is 0 Å². The number of aromatic nitrogens is 1. The molecule has 2 rings (SSSR count). The van der Waals surface area contributed by atoms with Gasteiger partial charge in [0.15, 0.2) is 0 Å². The summed E-state index contributed by atoms with van der Waals surface area (Å²) < 4.78 is 0. The van der Waals surface area contributed by atoms with Gasteiger partial charge in [0.2, 0.25) is 0 Å². The van der Waals surface area contributed by atoms with Crippen LogP contribution in [-0.4, -0.2) is 40.2 Å². The molecule has 0 radical (unpaired) electrons. The summed E-state index contributed by atoms with van der Waals surface area (Å²) in [4.78, 5) is 15.1. The molecule has 1 amide bonds. The van der Waals surface area contributed by atoms with Crippen LogP contribution in [-0.2, 0) is 0 Å². The van der Waals surface area contributed by atoms with Gasteiger partial charge < -0.3 is 15.4 Å². The van der Waals surface area contributed by atoms with Gasteiger partial charge in [-0.1, -0.05) is 0 Å². The molecule has 3 N–H and O–H groups in total. The molecule has 19 heavy (non-hydrogen) atoms. The number of thioether (sulfide) groups is 1. The number of fused-ring (bicyclic) bond motifs is 1. The summed E-state index contributed by atoms with van der Waals surface area (Å²) in [7, 11) is 0. The Morgan fingerprint density at radius 1 is 1.47 bits per heavy atom. The second-order valence-electron chi connectivity index (χ2n) is 4.89. The summed E-state index contributed by atoms with van der Waals surface area (Å²) in [6.07, 6.45) is 3.77. The summed E-state index contributed by atoms with van der Waals surface area (Å²) in [5.41, 5.74) is 0.728. The number of benzene rings is 1. The van der Waals surface area contributed by atoms with E-state index >= 15 is 0 Å². The summed E-state index contributed by atoms with van der Waals surface area (Å²) in [6.45, 7) is 1.97. The SMILES string of the molecule is CSCC(C)(O)CNC(=O)c1ccc2[nH]ccc2c1. The highest BCUT2D eigenvalue weighted by Gasteiger charge is 2.20. The first-order chi connectivity index (χ1) is 9.02. The zero-order valence-electron chi connectivity index (χ0n) is 11.1. The van der Waals surface area contributed by atoms with E-state index in [1.807, 2.05) is 30.7 Å². The number of amides is 1. The minimum absolute atomic E-state index is 0.163. The lowest BCUT2D eigenvalue weighted by Crippen LogP contribution is -2.42. The zero-order chi connectivity index (χ0) is 13.9. The molecular weight excluding hydrogens is 260 g/mol. The maximum atomic E-state index is 12.0. The van der Waals surface area contributed by atoms with Crippen LogP contribution in [0.3, 0.4) is 0 Å². The van der Waals surface area contributed by atoms with Crippen molar-refractivity contribution >= 4 is 28.6 Å². The van der Waals surface area contributed by atoms with E-state index in [4.69, 9.17) is 0 Å². The Kier molecular flexibility index (Phi) is 4.17. The van der Waals surface area contributed by atoms with Gasteiger partial charge in [0, 0.05) is 35.0 Å². The van der Waals surface area contributed by atoms with Gasteiger partial charge in [0.05, 0.1) is 5.60 Å². The van der Waals surface area contributed by atoms with Gasteiger partial charge in [-0.25, -0.2) is 0 Å². The van der Waals surface area contributed by atoms with Crippen molar-refractivity contribution in [1.82, 2.24) is 10.3 Å². The van der Waals surface area contributed by atoms with Crippen molar-refractivity contribution in [2.75, 3.05) is 18.6 Å². The van der Waals surface area contributed by atoms with Gasteiger partial charge in [-0.05, 0) is 37.4 Å². The highest BCUT2D eigenvalue weighted by Crippen LogP contribution is 2.14. The first kappa shape index (κ1) is 14.0. The minimum atomic E-state index is -0.882. The summed E-state index contributed by atoms with van der Waals surface area (Å²) in [5.74, 6) is 0.425. The summed E-state index contributed by atoms with van der Waals surface area (Å²) in [6, 6.07) is 7.42. The standard InChI is InChI=1S/C14H18N2O2S/c1-14(18,9-19-2)8-16-13(17)11-3-4-12-10(7-11)5-6-15-12/h3-7,15,18H,8-9H2,1-2H3,(H,16,17). The summed E-state index contributed by atoms with van der Waals surface area (Å²) in [5, 5.41) is 13.8.